The molecule has 0 aliphatic carbocycles. The van der Waals surface area contributed by atoms with Crippen LogP contribution in [0.5, 0.6) is 0 Å². The smallest absolute Gasteiger partial charge is 0.132 e. The highest BCUT2D eigenvalue weighted by atomic mass is 35.5. The van der Waals surface area contributed by atoms with Crippen LogP contribution in [0.25, 0.3) is 0 Å². The number of allylic oxidation sites excluding steroid dienone is 2. The number of aliphatic hydroxyl groups is 1. The highest BCUT2D eigenvalue weighted by Crippen LogP contribution is 2.12. The standard InChI is InChI=1S/C11H19ClO2/c1-3-4-5-6-7-10(12)11(14)8-9(2)13/h5-6,10-11,14H,3-4,7-8H2,1-2H3/b6-5+/t10-,11+/m1/s1. The van der Waals surface area contributed by atoms with Gasteiger partial charge in [-0.1, -0.05) is 25.5 Å². The minimum absolute atomic E-state index is 0.0271. The van der Waals surface area contributed by atoms with E-state index < -0.39 is 6.10 Å². The summed E-state index contributed by atoms with van der Waals surface area (Å²) < 4.78 is 0. The number of rotatable bonds is 7. The molecule has 2 atom stereocenters. The molecule has 0 unspecified atom stereocenters. The maximum atomic E-state index is 10.7. The monoisotopic (exact) mass is 218 g/mol. The van der Waals surface area contributed by atoms with E-state index in [1.54, 1.807) is 0 Å². The molecule has 0 amide bonds. The van der Waals surface area contributed by atoms with Crippen molar-refractivity contribution >= 4 is 17.4 Å². The van der Waals surface area contributed by atoms with Gasteiger partial charge in [0, 0.05) is 6.42 Å². The number of carbonyl (C=O) groups is 1. The topological polar surface area (TPSA) is 37.3 Å². The number of ketones is 1. The second kappa shape index (κ2) is 8.01. The lowest BCUT2D eigenvalue weighted by molar-refractivity contribution is -0.118. The lowest BCUT2D eigenvalue weighted by atomic mass is 10.1. The Morgan fingerprint density at radius 3 is 2.64 bits per heavy atom. The van der Waals surface area contributed by atoms with Crippen LogP contribution in [0, 0.1) is 0 Å². The molecule has 0 aliphatic rings. The third-order valence-corrected chi connectivity index (χ3v) is 2.37. The summed E-state index contributed by atoms with van der Waals surface area (Å²) in [7, 11) is 0. The Balaban J connectivity index is 3.71. The number of alkyl halides is 1. The largest absolute Gasteiger partial charge is 0.391 e. The Morgan fingerprint density at radius 2 is 2.14 bits per heavy atom. The first-order valence-electron chi connectivity index (χ1n) is 5.04. The van der Waals surface area contributed by atoms with Gasteiger partial charge in [-0.3, -0.25) is 4.79 Å². The first-order valence-corrected chi connectivity index (χ1v) is 5.48. The molecule has 0 aromatic rings. The van der Waals surface area contributed by atoms with Gasteiger partial charge in [0.05, 0.1) is 11.5 Å². The molecule has 0 fully saturated rings. The van der Waals surface area contributed by atoms with E-state index in [0.717, 1.165) is 12.8 Å². The summed E-state index contributed by atoms with van der Waals surface area (Å²) in [5.41, 5.74) is 0. The van der Waals surface area contributed by atoms with Crippen molar-refractivity contribution in [3.05, 3.63) is 12.2 Å². The van der Waals surface area contributed by atoms with Crippen LogP contribution in [0.15, 0.2) is 12.2 Å². The zero-order chi connectivity index (χ0) is 11.0. The summed E-state index contributed by atoms with van der Waals surface area (Å²) >= 11 is 5.90. The molecule has 0 saturated heterocycles. The number of aliphatic hydroxyl groups excluding tert-OH is 1. The second-order valence-corrected chi connectivity index (χ2v) is 4.05. The predicted octanol–water partition coefficient (Wildman–Crippen LogP) is 2.68. The SMILES string of the molecule is CCC/C=C/C[C@@H](Cl)[C@@H](O)CC(C)=O. The molecule has 0 heterocycles. The van der Waals surface area contributed by atoms with E-state index in [1.165, 1.54) is 6.92 Å². The van der Waals surface area contributed by atoms with Gasteiger partial charge in [-0.25, -0.2) is 0 Å². The summed E-state index contributed by atoms with van der Waals surface area (Å²) in [6.45, 7) is 3.56. The first kappa shape index (κ1) is 13.7. The quantitative estimate of drug-likeness (QED) is 0.527. The first-order chi connectivity index (χ1) is 6.57. The van der Waals surface area contributed by atoms with Gasteiger partial charge in [-0.2, -0.15) is 0 Å². The van der Waals surface area contributed by atoms with Crippen molar-refractivity contribution in [2.24, 2.45) is 0 Å². The van der Waals surface area contributed by atoms with Gasteiger partial charge >= 0.3 is 0 Å². The van der Waals surface area contributed by atoms with Gasteiger partial charge in [0.25, 0.3) is 0 Å². The number of carbonyl (C=O) groups excluding carboxylic acids is 1. The molecule has 3 heteroatoms. The maximum absolute atomic E-state index is 10.7. The fourth-order valence-electron chi connectivity index (χ4n) is 1.09. The molecule has 0 radical (unpaired) electrons. The number of halogens is 1. The number of hydrogen-bond donors (Lipinski definition) is 1. The van der Waals surface area contributed by atoms with Crippen molar-refractivity contribution in [3.63, 3.8) is 0 Å². The minimum Gasteiger partial charge on any atom is -0.391 e. The van der Waals surface area contributed by atoms with Crippen molar-refractivity contribution in [2.75, 3.05) is 0 Å². The van der Waals surface area contributed by atoms with E-state index in [2.05, 4.69) is 13.0 Å². The number of unbranched alkanes of at least 4 members (excludes halogenated alkanes) is 1. The highest BCUT2D eigenvalue weighted by Gasteiger charge is 2.16. The molecule has 0 saturated carbocycles. The summed E-state index contributed by atoms with van der Waals surface area (Å²) in [5, 5.41) is 9.10. The van der Waals surface area contributed by atoms with Crippen LogP contribution in [-0.4, -0.2) is 22.4 Å². The van der Waals surface area contributed by atoms with E-state index >= 15 is 0 Å². The molecule has 1 N–H and O–H groups in total. The molecule has 14 heavy (non-hydrogen) atoms. The molecule has 0 rings (SSSR count). The Kier molecular flexibility index (Phi) is 7.81. The van der Waals surface area contributed by atoms with Crippen LogP contribution in [0.1, 0.15) is 39.5 Å². The van der Waals surface area contributed by atoms with Gasteiger partial charge < -0.3 is 5.11 Å². The van der Waals surface area contributed by atoms with E-state index in [0.29, 0.717) is 6.42 Å². The van der Waals surface area contributed by atoms with E-state index in [9.17, 15) is 9.90 Å². The minimum atomic E-state index is -0.722. The second-order valence-electron chi connectivity index (χ2n) is 3.49. The molecule has 0 spiro atoms. The third-order valence-electron chi connectivity index (χ3n) is 1.90. The van der Waals surface area contributed by atoms with Gasteiger partial charge in [0.15, 0.2) is 0 Å². The van der Waals surface area contributed by atoms with Crippen molar-refractivity contribution in [1.29, 1.82) is 0 Å². The summed E-state index contributed by atoms with van der Waals surface area (Å²) in [6, 6.07) is 0. The average molecular weight is 219 g/mol. The fourth-order valence-corrected chi connectivity index (χ4v) is 1.28. The zero-order valence-corrected chi connectivity index (χ0v) is 9.63. The van der Waals surface area contributed by atoms with Crippen LogP contribution >= 0.6 is 11.6 Å². The summed E-state index contributed by atoms with van der Waals surface area (Å²) in [5.74, 6) is -0.0271. The zero-order valence-electron chi connectivity index (χ0n) is 8.87. The molecule has 0 aromatic heterocycles. The van der Waals surface area contributed by atoms with Crippen LogP contribution < -0.4 is 0 Å². The van der Waals surface area contributed by atoms with E-state index in [4.69, 9.17) is 11.6 Å². The van der Waals surface area contributed by atoms with Gasteiger partial charge in [-0.05, 0) is 19.8 Å². The van der Waals surface area contributed by atoms with E-state index in [-0.39, 0.29) is 17.6 Å². The predicted molar refractivity (Wildman–Crippen MR) is 59.6 cm³/mol. The van der Waals surface area contributed by atoms with Gasteiger partial charge in [0.2, 0.25) is 0 Å². The Bertz CT molecular complexity index is 190. The lowest BCUT2D eigenvalue weighted by Crippen LogP contribution is -2.22. The Labute approximate surface area is 91.0 Å². The molecule has 0 aromatic carbocycles. The lowest BCUT2D eigenvalue weighted by Gasteiger charge is -2.13. The Hall–Kier alpha value is -0.340. The molecule has 2 nitrogen and oxygen atoms in total. The van der Waals surface area contributed by atoms with Crippen LogP contribution in [0.3, 0.4) is 0 Å². The molecular formula is C11H19ClO2. The van der Waals surface area contributed by atoms with Crippen molar-refractivity contribution in [2.45, 2.75) is 51.0 Å². The van der Waals surface area contributed by atoms with Crippen molar-refractivity contribution in [3.8, 4) is 0 Å². The van der Waals surface area contributed by atoms with Gasteiger partial charge in [0.1, 0.15) is 5.78 Å². The molecule has 82 valence electrons. The summed E-state index contributed by atoms with van der Waals surface area (Å²) in [6.07, 6.45) is 6.21. The number of Topliss-reactive ketones (excluding diaryl/α,β-unsaturated/α-hetero) is 1. The maximum Gasteiger partial charge on any atom is 0.132 e. The Morgan fingerprint density at radius 1 is 1.50 bits per heavy atom. The summed E-state index contributed by atoms with van der Waals surface area (Å²) in [4.78, 5) is 10.7. The van der Waals surface area contributed by atoms with E-state index in [1.807, 2.05) is 6.08 Å². The third kappa shape index (κ3) is 7.10. The normalized spacial score (nSPS) is 15.7. The van der Waals surface area contributed by atoms with Gasteiger partial charge in [-0.15, -0.1) is 11.6 Å². The molecule has 0 bridgehead atoms. The molecular weight excluding hydrogens is 200 g/mol. The van der Waals surface area contributed by atoms with Crippen LogP contribution in [-0.2, 0) is 4.79 Å². The molecule has 0 aliphatic heterocycles. The van der Waals surface area contributed by atoms with Crippen LogP contribution in [0.2, 0.25) is 0 Å². The number of hydrogen-bond acceptors (Lipinski definition) is 2. The fraction of sp³-hybridized carbons (Fsp3) is 0.727. The van der Waals surface area contributed by atoms with Crippen molar-refractivity contribution in [1.82, 2.24) is 0 Å². The van der Waals surface area contributed by atoms with Crippen molar-refractivity contribution < 1.29 is 9.90 Å². The van der Waals surface area contributed by atoms with Crippen LogP contribution in [0.4, 0.5) is 0 Å². The highest BCUT2D eigenvalue weighted by molar-refractivity contribution is 6.21. The average Bonchev–Trinajstić information content (AvgIpc) is 2.11.